The zero-order chi connectivity index (χ0) is 24.4. The van der Waals surface area contributed by atoms with Gasteiger partial charge in [0.1, 0.15) is 11.9 Å². The fourth-order valence-corrected chi connectivity index (χ4v) is 4.35. The Balaban J connectivity index is 1.33. The third-order valence-corrected chi connectivity index (χ3v) is 6.16. The number of carbonyl (C=O) groups excluding carboxylic acids is 1. The minimum atomic E-state index is -0.621. The van der Waals surface area contributed by atoms with Crippen molar-refractivity contribution in [1.29, 1.82) is 0 Å². The van der Waals surface area contributed by atoms with Gasteiger partial charge in [-0.15, -0.1) is 0 Å². The van der Waals surface area contributed by atoms with Gasteiger partial charge in [0.15, 0.2) is 0 Å². The molecule has 0 spiro atoms. The third-order valence-electron chi connectivity index (χ3n) is 6.16. The SMILES string of the molecule is O=C(c1cc(Cn2c(=O)[nH]c(=O)c3ccccc32)ccc1F)N1CCC(Oc2ccccn2)CC1. The van der Waals surface area contributed by atoms with Crippen molar-refractivity contribution >= 4 is 16.8 Å². The third kappa shape index (κ3) is 4.70. The van der Waals surface area contributed by atoms with E-state index in [9.17, 15) is 18.8 Å². The largest absolute Gasteiger partial charge is 0.474 e. The van der Waals surface area contributed by atoms with Crippen molar-refractivity contribution in [3.8, 4) is 5.88 Å². The predicted molar refractivity (Wildman–Crippen MR) is 128 cm³/mol. The number of likely N-dealkylation sites (tertiary alicyclic amines) is 1. The molecule has 1 N–H and O–H groups in total. The van der Waals surface area contributed by atoms with Crippen LogP contribution in [0.5, 0.6) is 5.88 Å². The van der Waals surface area contributed by atoms with Crippen LogP contribution in [0.1, 0.15) is 28.8 Å². The molecule has 0 atom stereocenters. The summed E-state index contributed by atoms with van der Waals surface area (Å²) in [5.74, 6) is -0.482. The number of nitrogens with one attached hydrogen (secondary N) is 1. The first kappa shape index (κ1) is 22.5. The zero-order valence-electron chi connectivity index (χ0n) is 18.8. The molecule has 8 nitrogen and oxygen atoms in total. The lowest BCUT2D eigenvalue weighted by atomic mass is 10.0. The number of fused-ring (bicyclic) bond motifs is 1. The smallest absolute Gasteiger partial charge is 0.329 e. The van der Waals surface area contributed by atoms with Crippen LogP contribution < -0.4 is 16.0 Å². The van der Waals surface area contributed by atoms with E-state index in [0.29, 0.717) is 48.3 Å². The molecule has 2 aromatic heterocycles. The summed E-state index contributed by atoms with van der Waals surface area (Å²) in [7, 11) is 0. The molecule has 35 heavy (non-hydrogen) atoms. The molecule has 0 bridgehead atoms. The normalized spacial score (nSPS) is 14.3. The zero-order valence-corrected chi connectivity index (χ0v) is 18.8. The van der Waals surface area contributed by atoms with E-state index < -0.39 is 23.0 Å². The van der Waals surface area contributed by atoms with Crippen LogP contribution in [0.15, 0.2) is 76.4 Å². The van der Waals surface area contributed by atoms with Gasteiger partial charge in [0.25, 0.3) is 11.5 Å². The van der Waals surface area contributed by atoms with Crippen molar-refractivity contribution < 1.29 is 13.9 Å². The number of aromatic amines is 1. The number of benzene rings is 2. The number of nitrogens with zero attached hydrogens (tertiary/aromatic N) is 3. The molecule has 1 aliphatic heterocycles. The molecule has 0 radical (unpaired) electrons. The first-order valence-electron chi connectivity index (χ1n) is 11.4. The number of rotatable bonds is 5. The van der Waals surface area contributed by atoms with E-state index >= 15 is 0 Å². The number of para-hydroxylation sites is 1. The molecule has 0 saturated carbocycles. The maximum absolute atomic E-state index is 14.7. The summed E-state index contributed by atoms with van der Waals surface area (Å²) in [5.41, 5.74) is -0.0441. The molecule has 5 rings (SSSR count). The topological polar surface area (TPSA) is 97.3 Å². The summed E-state index contributed by atoms with van der Waals surface area (Å²) < 4.78 is 21.9. The van der Waals surface area contributed by atoms with Crippen molar-refractivity contribution in [2.75, 3.05) is 13.1 Å². The summed E-state index contributed by atoms with van der Waals surface area (Å²) in [6.07, 6.45) is 2.82. The second-order valence-electron chi connectivity index (χ2n) is 8.45. The van der Waals surface area contributed by atoms with Crippen LogP contribution in [0.2, 0.25) is 0 Å². The minimum absolute atomic E-state index is 0.0478. The van der Waals surface area contributed by atoms with Crippen LogP contribution in [0.3, 0.4) is 0 Å². The molecular formula is C26H23FN4O4. The fraction of sp³-hybridized carbons (Fsp3) is 0.231. The molecule has 1 amide bonds. The Labute approximate surface area is 199 Å². The van der Waals surface area contributed by atoms with Crippen LogP contribution in [-0.4, -0.2) is 44.5 Å². The molecule has 2 aromatic carbocycles. The second-order valence-corrected chi connectivity index (χ2v) is 8.45. The average Bonchev–Trinajstić information content (AvgIpc) is 2.88. The number of H-pyrrole nitrogens is 1. The highest BCUT2D eigenvalue weighted by molar-refractivity contribution is 5.94. The van der Waals surface area contributed by atoms with E-state index in [1.165, 1.54) is 22.8 Å². The average molecular weight is 474 g/mol. The second kappa shape index (κ2) is 9.54. The van der Waals surface area contributed by atoms with E-state index in [1.807, 2.05) is 12.1 Å². The van der Waals surface area contributed by atoms with Crippen molar-refractivity contribution in [3.05, 3.63) is 105 Å². The number of pyridine rings is 1. The predicted octanol–water partition coefficient (Wildman–Crippen LogP) is 2.96. The van der Waals surface area contributed by atoms with E-state index in [0.717, 1.165) is 0 Å². The molecule has 0 unspecified atom stereocenters. The van der Waals surface area contributed by atoms with E-state index in [4.69, 9.17) is 4.74 Å². The van der Waals surface area contributed by atoms with Gasteiger partial charge in [0, 0.05) is 38.2 Å². The number of hydrogen-bond acceptors (Lipinski definition) is 5. The van der Waals surface area contributed by atoms with Gasteiger partial charge in [-0.25, -0.2) is 14.2 Å². The number of piperidine rings is 1. The quantitative estimate of drug-likeness (QED) is 0.480. The highest BCUT2D eigenvalue weighted by Gasteiger charge is 2.26. The van der Waals surface area contributed by atoms with E-state index in [2.05, 4.69) is 9.97 Å². The van der Waals surface area contributed by atoms with Crippen molar-refractivity contribution in [2.45, 2.75) is 25.5 Å². The lowest BCUT2D eigenvalue weighted by molar-refractivity contribution is 0.0583. The Kier molecular flexibility index (Phi) is 6.13. The van der Waals surface area contributed by atoms with Gasteiger partial charge in [-0.3, -0.25) is 19.1 Å². The highest BCUT2D eigenvalue weighted by Crippen LogP contribution is 2.21. The summed E-state index contributed by atoms with van der Waals surface area (Å²) >= 11 is 0. The Morgan fingerprint density at radius 3 is 2.60 bits per heavy atom. The maximum Gasteiger partial charge on any atom is 0.329 e. The van der Waals surface area contributed by atoms with Crippen LogP contribution >= 0.6 is 0 Å². The van der Waals surface area contributed by atoms with Crippen LogP contribution in [0, 0.1) is 5.82 Å². The monoisotopic (exact) mass is 474 g/mol. The van der Waals surface area contributed by atoms with Crippen LogP contribution in [-0.2, 0) is 6.54 Å². The van der Waals surface area contributed by atoms with Crippen molar-refractivity contribution in [2.24, 2.45) is 0 Å². The molecule has 1 saturated heterocycles. The molecule has 178 valence electrons. The standard InChI is InChI=1S/C26H23FN4O4/c27-21-9-8-17(16-31-22-6-2-1-5-19(22)24(32)29-26(31)34)15-20(21)25(33)30-13-10-18(11-14-30)35-23-7-3-4-12-28-23/h1-9,12,15,18H,10-11,13-14,16H2,(H,29,32,34). The van der Waals surface area contributed by atoms with Crippen LogP contribution in [0.25, 0.3) is 10.9 Å². The Morgan fingerprint density at radius 1 is 1.06 bits per heavy atom. The van der Waals surface area contributed by atoms with Gasteiger partial charge in [-0.05, 0) is 35.9 Å². The lowest BCUT2D eigenvalue weighted by Crippen LogP contribution is -2.42. The minimum Gasteiger partial charge on any atom is -0.474 e. The summed E-state index contributed by atoms with van der Waals surface area (Å²) in [5, 5.41) is 0.376. The van der Waals surface area contributed by atoms with E-state index in [1.54, 1.807) is 41.4 Å². The van der Waals surface area contributed by atoms with Gasteiger partial charge >= 0.3 is 5.69 Å². The molecule has 0 aliphatic carbocycles. The Bertz CT molecular complexity index is 1490. The maximum atomic E-state index is 14.7. The number of ether oxygens (including phenoxy) is 1. The van der Waals surface area contributed by atoms with Crippen molar-refractivity contribution in [3.63, 3.8) is 0 Å². The number of amides is 1. The van der Waals surface area contributed by atoms with Gasteiger partial charge < -0.3 is 9.64 Å². The van der Waals surface area contributed by atoms with E-state index in [-0.39, 0.29) is 18.2 Å². The highest BCUT2D eigenvalue weighted by atomic mass is 19.1. The first-order valence-corrected chi connectivity index (χ1v) is 11.4. The number of carbonyl (C=O) groups is 1. The molecule has 3 heterocycles. The molecule has 1 aliphatic rings. The summed E-state index contributed by atoms with van der Waals surface area (Å²) in [6, 6.07) is 16.4. The molecule has 4 aromatic rings. The van der Waals surface area contributed by atoms with Crippen molar-refractivity contribution in [1.82, 2.24) is 19.4 Å². The van der Waals surface area contributed by atoms with Gasteiger partial charge in [-0.1, -0.05) is 24.3 Å². The Morgan fingerprint density at radius 2 is 1.83 bits per heavy atom. The Hall–Kier alpha value is -4.27. The number of halogens is 1. The molecule has 9 heteroatoms. The summed E-state index contributed by atoms with van der Waals surface area (Å²) in [4.78, 5) is 45.8. The lowest BCUT2D eigenvalue weighted by Gasteiger charge is -2.32. The first-order chi connectivity index (χ1) is 17.0. The van der Waals surface area contributed by atoms with Gasteiger partial charge in [-0.2, -0.15) is 0 Å². The summed E-state index contributed by atoms with van der Waals surface area (Å²) in [6.45, 7) is 0.949. The number of hydrogen-bond donors (Lipinski definition) is 1. The number of aromatic nitrogens is 3. The molecule has 1 fully saturated rings. The van der Waals surface area contributed by atoms with Crippen LogP contribution in [0.4, 0.5) is 4.39 Å². The fourth-order valence-electron chi connectivity index (χ4n) is 4.35. The molecular weight excluding hydrogens is 451 g/mol. The van der Waals surface area contributed by atoms with Gasteiger partial charge in [0.05, 0.1) is 23.0 Å². The van der Waals surface area contributed by atoms with Gasteiger partial charge in [0.2, 0.25) is 5.88 Å².